The molecule has 114 valence electrons. The van der Waals surface area contributed by atoms with Crippen molar-refractivity contribution in [3.8, 4) is 6.07 Å². The number of amides is 1. The first-order valence-electron chi connectivity index (χ1n) is 8.18. The van der Waals surface area contributed by atoms with Crippen LogP contribution in [0.5, 0.6) is 0 Å². The highest BCUT2D eigenvalue weighted by Crippen LogP contribution is 2.40. The Bertz CT molecular complexity index is 630. The molecule has 1 amide bonds. The van der Waals surface area contributed by atoms with Crippen molar-refractivity contribution < 1.29 is 4.79 Å². The van der Waals surface area contributed by atoms with Crippen LogP contribution in [-0.2, 0) is 4.79 Å². The fourth-order valence-corrected chi connectivity index (χ4v) is 3.46. The molecule has 0 N–H and O–H groups in total. The van der Waals surface area contributed by atoms with Crippen molar-refractivity contribution in [1.29, 1.82) is 5.26 Å². The smallest absolute Gasteiger partial charge is 0.226 e. The van der Waals surface area contributed by atoms with Gasteiger partial charge in [0, 0.05) is 31.7 Å². The standard InChI is InChI=1S/C17H20N4O/c18-10-14-2-1-7-19-16(14)20-8-9-21(17(22)13-5-6-13)15(11-20)12-3-4-12/h1-2,7,12-13,15H,3-6,8-9,11H2. The van der Waals surface area contributed by atoms with E-state index in [1.54, 1.807) is 12.3 Å². The van der Waals surface area contributed by atoms with E-state index in [0.29, 0.717) is 23.4 Å². The number of piperazine rings is 1. The topological polar surface area (TPSA) is 60.2 Å². The summed E-state index contributed by atoms with van der Waals surface area (Å²) in [5.74, 6) is 2.06. The van der Waals surface area contributed by atoms with E-state index in [1.807, 2.05) is 6.07 Å². The minimum atomic E-state index is 0.289. The summed E-state index contributed by atoms with van der Waals surface area (Å²) < 4.78 is 0. The Labute approximate surface area is 130 Å². The zero-order valence-corrected chi connectivity index (χ0v) is 12.6. The van der Waals surface area contributed by atoms with Crippen molar-refractivity contribution in [2.24, 2.45) is 11.8 Å². The lowest BCUT2D eigenvalue weighted by Crippen LogP contribution is -2.57. The van der Waals surface area contributed by atoms with Gasteiger partial charge in [0.1, 0.15) is 11.9 Å². The molecular weight excluding hydrogens is 276 g/mol. The molecule has 1 aromatic heterocycles. The van der Waals surface area contributed by atoms with Crippen molar-refractivity contribution in [2.75, 3.05) is 24.5 Å². The van der Waals surface area contributed by atoms with Gasteiger partial charge in [-0.3, -0.25) is 4.79 Å². The lowest BCUT2D eigenvalue weighted by molar-refractivity contribution is -0.135. The molecule has 2 heterocycles. The number of nitriles is 1. The quantitative estimate of drug-likeness (QED) is 0.853. The van der Waals surface area contributed by atoms with Crippen LogP contribution in [0.25, 0.3) is 0 Å². The highest BCUT2D eigenvalue weighted by molar-refractivity contribution is 5.81. The van der Waals surface area contributed by atoms with Gasteiger partial charge >= 0.3 is 0 Å². The summed E-state index contributed by atoms with van der Waals surface area (Å²) in [6, 6.07) is 6.15. The lowest BCUT2D eigenvalue weighted by atomic mass is 10.1. The molecule has 2 saturated carbocycles. The van der Waals surface area contributed by atoms with Gasteiger partial charge in [-0.15, -0.1) is 0 Å². The Hall–Kier alpha value is -2.09. The molecule has 4 rings (SSSR count). The fourth-order valence-electron chi connectivity index (χ4n) is 3.46. The summed E-state index contributed by atoms with van der Waals surface area (Å²) in [4.78, 5) is 21.2. The summed E-state index contributed by atoms with van der Waals surface area (Å²) in [5.41, 5.74) is 0.624. The maximum Gasteiger partial charge on any atom is 0.226 e. The number of nitrogens with zero attached hydrogens (tertiary/aromatic N) is 4. The van der Waals surface area contributed by atoms with Gasteiger partial charge in [-0.1, -0.05) is 0 Å². The summed E-state index contributed by atoms with van der Waals surface area (Å²) in [6.45, 7) is 2.35. The predicted molar refractivity (Wildman–Crippen MR) is 82.1 cm³/mol. The van der Waals surface area contributed by atoms with Crippen LogP contribution in [0.2, 0.25) is 0 Å². The third-order valence-corrected chi connectivity index (χ3v) is 5.00. The van der Waals surface area contributed by atoms with Crippen molar-refractivity contribution in [3.05, 3.63) is 23.9 Å². The highest BCUT2D eigenvalue weighted by Gasteiger charge is 2.44. The fraction of sp³-hybridized carbons (Fsp3) is 0.588. The molecule has 1 aliphatic heterocycles. The summed E-state index contributed by atoms with van der Waals surface area (Å²) >= 11 is 0. The number of hydrogen-bond donors (Lipinski definition) is 0. The summed E-state index contributed by atoms with van der Waals surface area (Å²) in [7, 11) is 0. The van der Waals surface area contributed by atoms with E-state index in [2.05, 4.69) is 20.9 Å². The van der Waals surface area contributed by atoms with Crippen LogP contribution < -0.4 is 4.90 Å². The second-order valence-electron chi connectivity index (χ2n) is 6.64. The van der Waals surface area contributed by atoms with E-state index in [-0.39, 0.29) is 5.92 Å². The van der Waals surface area contributed by atoms with E-state index in [1.165, 1.54) is 12.8 Å². The first kappa shape index (κ1) is 13.6. The number of carbonyl (C=O) groups excluding carboxylic acids is 1. The molecule has 22 heavy (non-hydrogen) atoms. The molecule has 1 unspecified atom stereocenters. The molecular formula is C17H20N4O. The number of hydrogen-bond acceptors (Lipinski definition) is 4. The molecule has 1 aromatic rings. The Morgan fingerprint density at radius 1 is 1.27 bits per heavy atom. The highest BCUT2D eigenvalue weighted by atomic mass is 16.2. The molecule has 5 nitrogen and oxygen atoms in total. The molecule has 1 atom stereocenters. The Morgan fingerprint density at radius 3 is 2.77 bits per heavy atom. The van der Waals surface area contributed by atoms with Crippen LogP contribution in [-0.4, -0.2) is 41.5 Å². The minimum Gasteiger partial charge on any atom is -0.352 e. The third kappa shape index (κ3) is 2.43. The Balaban J connectivity index is 1.55. The molecule has 2 aliphatic carbocycles. The van der Waals surface area contributed by atoms with E-state index >= 15 is 0 Å². The van der Waals surface area contributed by atoms with Gasteiger partial charge in [0.05, 0.1) is 11.6 Å². The number of carbonyl (C=O) groups is 1. The summed E-state index contributed by atoms with van der Waals surface area (Å²) in [6.07, 6.45) is 6.31. The van der Waals surface area contributed by atoms with Gasteiger partial charge < -0.3 is 9.80 Å². The molecule has 0 radical (unpaired) electrons. The Morgan fingerprint density at radius 2 is 2.09 bits per heavy atom. The number of anilines is 1. The molecule has 0 bridgehead atoms. The Kier molecular flexibility index (Phi) is 3.25. The van der Waals surface area contributed by atoms with Gasteiger partial charge in [0.25, 0.3) is 0 Å². The van der Waals surface area contributed by atoms with E-state index < -0.39 is 0 Å². The zero-order valence-electron chi connectivity index (χ0n) is 12.6. The summed E-state index contributed by atoms with van der Waals surface area (Å²) in [5, 5.41) is 9.28. The average molecular weight is 296 g/mol. The van der Waals surface area contributed by atoms with Crippen LogP contribution in [0.3, 0.4) is 0 Å². The molecule has 0 spiro atoms. The van der Waals surface area contributed by atoms with Crippen LogP contribution >= 0.6 is 0 Å². The SMILES string of the molecule is N#Cc1cccnc1N1CCN(C(=O)C2CC2)C(C2CC2)C1. The maximum atomic E-state index is 12.5. The molecule has 3 aliphatic rings. The zero-order chi connectivity index (χ0) is 15.1. The first-order valence-corrected chi connectivity index (χ1v) is 8.18. The van der Waals surface area contributed by atoms with Gasteiger partial charge in [-0.2, -0.15) is 5.26 Å². The molecule has 1 saturated heterocycles. The van der Waals surface area contributed by atoms with E-state index in [4.69, 9.17) is 0 Å². The van der Waals surface area contributed by atoms with Gasteiger partial charge in [0.15, 0.2) is 0 Å². The van der Waals surface area contributed by atoms with Crippen LogP contribution in [0.4, 0.5) is 5.82 Å². The molecule has 3 fully saturated rings. The van der Waals surface area contributed by atoms with Crippen molar-refractivity contribution in [1.82, 2.24) is 9.88 Å². The minimum absolute atomic E-state index is 0.289. The number of pyridine rings is 1. The van der Waals surface area contributed by atoms with Crippen LogP contribution in [0.15, 0.2) is 18.3 Å². The van der Waals surface area contributed by atoms with Gasteiger partial charge in [-0.05, 0) is 43.7 Å². The van der Waals surface area contributed by atoms with Crippen molar-refractivity contribution in [3.63, 3.8) is 0 Å². The maximum absolute atomic E-state index is 12.5. The second kappa shape index (κ2) is 5.28. The largest absolute Gasteiger partial charge is 0.352 e. The van der Waals surface area contributed by atoms with Crippen molar-refractivity contribution in [2.45, 2.75) is 31.7 Å². The molecule has 5 heteroatoms. The van der Waals surface area contributed by atoms with E-state index in [9.17, 15) is 10.1 Å². The van der Waals surface area contributed by atoms with E-state index in [0.717, 1.165) is 38.3 Å². The first-order chi connectivity index (χ1) is 10.8. The van der Waals surface area contributed by atoms with Gasteiger partial charge in [-0.25, -0.2) is 4.98 Å². The lowest BCUT2D eigenvalue weighted by Gasteiger charge is -2.42. The third-order valence-electron chi connectivity index (χ3n) is 5.00. The number of rotatable bonds is 3. The monoisotopic (exact) mass is 296 g/mol. The van der Waals surface area contributed by atoms with Crippen molar-refractivity contribution >= 4 is 11.7 Å². The molecule has 0 aromatic carbocycles. The average Bonchev–Trinajstić information content (AvgIpc) is 3.45. The second-order valence-corrected chi connectivity index (χ2v) is 6.64. The normalized spacial score (nSPS) is 25.0. The van der Waals surface area contributed by atoms with Gasteiger partial charge in [0.2, 0.25) is 5.91 Å². The van der Waals surface area contributed by atoms with Crippen LogP contribution in [0.1, 0.15) is 31.2 Å². The predicted octanol–water partition coefficient (Wildman–Crippen LogP) is 1.79. The number of aromatic nitrogens is 1. The van der Waals surface area contributed by atoms with Crippen LogP contribution in [0, 0.1) is 23.2 Å².